The van der Waals surface area contributed by atoms with E-state index < -0.39 is 16.8 Å². The molecule has 17 heavy (non-hydrogen) atoms. The third-order valence-corrected chi connectivity index (χ3v) is 4.27. The van der Waals surface area contributed by atoms with Gasteiger partial charge in [-0.15, -0.1) is 0 Å². The van der Waals surface area contributed by atoms with Crippen molar-refractivity contribution in [2.45, 2.75) is 26.0 Å². The summed E-state index contributed by atoms with van der Waals surface area (Å²) in [6, 6.07) is 6.65. The summed E-state index contributed by atoms with van der Waals surface area (Å²) in [5.41, 5.74) is 1.08. The van der Waals surface area contributed by atoms with Gasteiger partial charge in [-0.2, -0.15) is 0 Å². The van der Waals surface area contributed by atoms with Crippen LogP contribution in [0.15, 0.2) is 24.3 Å². The summed E-state index contributed by atoms with van der Waals surface area (Å²) in [5, 5.41) is 8.85. The van der Waals surface area contributed by atoms with Crippen LogP contribution in [0.4, 0.5) is 0 Å². The molecule has 0 bridgehead atoms. The second kappa shape index (κ2) is 6.55. The maximum Gasteiger partial charge on any atom is 0.335 e. The van der Waals surface area contributed by atoms with E-state index in [9.17, 15) is 9.00 Å². The topological polar surface area (TPSA) is 54.4 Å². The Hall–Kier alpha value is -1.16. The van der Waals surface area contributed by atoms with Gasteiger partial charge in [-0.3, -0.25) is 4.21 Å². The molecule has 0 radical (unpaired) electrons. The lowest BCUT2D eigenvalue weighted by Crippen LogP contribution is -2.09. The van der Waals surface area contributed by atoms with Crippen molar-refractivity contribution < 1.29 is 14.1 Å². The number of hydrogen-bond acceptors (Lipinski definition) is 2. The van der Waals surface area contributed by atoms with Gasteiger partial charge in [0, 0.05) is 22.3 Å². The maximum absolute atomic E-state index is 11.8. The molecule has 2 atom stereocenters. The average Bonchev–Trinajstić information content (AvgIpc) is 2.28. The molecule has 0 fully saturated rings. The van der Waals surface area contributed by atoms with E-state index in [2.05, 4.69) is 13.8 Å². The van der Waals surface area contributed by atoms with Crippen molar-refractivity contribution in [3.8, 4) is 0 Å². The van der Waals surface area contributed by atoms with Gasteiger partial charge >= 0.3 is 5.97 Å². The number of aromatic carboxylic acids is 1. The Balaban J connectivity index is 2.65. The Morgan fingerprint density at radius 1 is 1.47 bits per heavy atom. The predicted octanol–water partition coefficient (Wildman–Crippen LogP) is 2.68. The molecular formula is C13H18O3S. The highest BCUT2D eigenvalue weighted by Gasteiger charge is 2.08. The number of carbonyl (C=O) groups is 1. The number of carboxylic acids is 1. The van der Waals surface area contributed by atoms with Gasteiger partial charge in [-0.1, -0.05) is 32.4 Å². The van der Waals surface area contributed by atoms with Gasteiger partial charge in [0.05, 0.1) is 5.56 Å². The van der Waals surface area contributed by atoms with Crippen LogP contribution >= 0.6 is 0 Å². The molecule has 0 saturated carbocycles. The van der Waals surface area contributed by atoms with Crippen LogP contribution in [-0.4, -0.2) is 21.0 Å². The van der Waals surface area contributed by atoms with Crippen LogP contribution in [0, 0.1) is 5.92 Å². The van der Waals surface area contributed by atoms with Crippen molar-refractivity contribution in [2.75, 3.05) is 5.75 Å². The summed E-state index contributed by atoms with van der Waals surface area (Å²) in [4.78, 5) is 10.8. The standard InChI is InChI=1S/C13H18O3S/c1-3-10(2)8-17(16)9-11-5-4-6-12(7-11)13(14)15/h4-7,10H,3,8-9H2,1-2H3,(H,14,15). The third kappa shape index (κ3) is 4.69. The fourth-order valence-electron chi connectivity index (χ4n) is 1.47. The third-order valence-electron chi connectivity index (χ3n) is 2.67. The minimum absolute atomic E-state index is 0.253. The first-order chi connectivity index (χ1) is 8.02. The number of hydrogen-bond donors (Lipinski definition) is 1. The first-order valence-electron chi connectivity index (χ1n) is 5.70. The minimum Gasteiger partial charge on any atom is -0.478 e. The molecule has 0 aliphatic carbocycles. The lowest BCUT2D eigenvalue weighted by molar-refractivity contribution is 0.0697. The quantitative estimate of drug-likeness (QED) is 0.849. The predicted molar refractivity (Wildman–Crippen MR) is 69.6 cm³/mol. The monoisotopic (exact) mass is 254 g/mol. The fraction of sp³-hybridized carbons (Fsp3) is 0.462. The van der Waals surface area contributed by atoms with Gasteiger partial charge < -0.3 is 5.11 Å². The molecule has 0 heterocycles. The highest BCUT2D eigenvalue weighted by atomic mass is 32.2. The molecule has 0 aliphatic heterocycles. The number of rotatable bonds is 6. The van der Waals surface area contributed by atoms with E-state index in [1.165, 1.54) is 0 Å². The molecule has 1 aromatic rings. The molecule has 2 unspecified atom stereocenters. The van der Waals surface area contributed by atoms with E-state index >= 15 is 0 Å². The van der Waals surface area contributed by atoms with Crippen LogP contribution in [0.25, 0.3) is 0 Å². The van der Waals surface area contributed by atoms with E-state index in [4.69, 9.17) is 5.11 Å². The first-order valence-corrected chi connectivity index (χ1v) is 7.19. The van der Waals surface area contributed by atoms with Gasteiger partial charge in [0.25, 0.3) is 0 Å². The maximum atomic E-state index is 11.8. The molecule has 1 aromatic carbocycles. The summed E-state index contributed by atoms with van der Waals surface area (Å²) in [6.45, 7) is 4.15. The Kier molecular flexibility index (Phi) is 5.35. The van der Waals surface area contributed by atoms with E-state index in [1.54, 1.807) is 18.2 Å². The Morgan fingerprint density at radius 2 is 2.18 bits per heavy atom. The molecular weight excluding hydrogens is 236 g/mol. The molecule has 0 aliphatic rings. The lowest BCUT2D eigenvalue weighted by Gasteiger charge is -2.08. The average molecular weight is 254 g/mol. The number of benzene rings is 1. The summed E-state index contributed by atoms with van der Waals surface area (Å²) in [5.74, 6) is 0.609. The highest BCUT2D eigenvalue weighted by Crippen LogP contribution is 2.11. The smallest absolute Gasteiger partial charge is 0.335 e. The summed E-state index contributed by atoms with van der Waals surface area (Å²) in [6.07, 6.45) is 1.01. The van der Waals surface area contributed by atoms with Crippen molar-refractivity contribution in [3.63, 3.8) is 0 Å². The van der Waals surface area contributed by atoms with Gasteiger partial charge in [0.1, 0.15) is 0 Å². The van der Waals surface area contributed by atoms with Gasteiger partial charge in [0.2, 0.25) is 0 Å². The van der Waals surface area contributed by atoms with Crippen molar-refractivity contribution >= 4 is 16.8 Å². The number of carboxylic acid groups (broad SMARTS) is 1. The van der Waals surface area contributed by atoms with Gasteiger partial charge in [-0.05, 0) is 23.6 Å². The first kappa shape index (κ1) is 13.9. The van der Waals surface area contributed by atoms with Gasteiger partial charge in [0.15, 0.2) is 0 Å². The van der Waals surface area contributed by atoms with Crippen LogP contribution in [0.3, 0.4) is 0 Å². The van der Waals surface area contributed by atoms with Crippen LogP contribution in [0.1, 0.15) is 36.2 Å². The van der Waals surface area contributed by atoms with Crippen molar-refractivity contribution in [2.24, 2.45) is 5.92 Å². The fourth-order valence-corrected chi connectivity index (χ4v) is 3.01. The summed E-state index contributed by atoms with van der Waals surface area (Å²) < 4.78 is 11.8. The lowest BCUT2D eigenvalue weighted by atomic mass is 10.1. The van der Waals surface area contributed by atoms with E-state index in [-0.39, 0.29) is 5.56 Å². The van der Waals surface area contributed by atoms with Crippen LogP contribution in [-0.2, 0) is 16.6 Å². The molecule has 94 valence electrons. The zero-order chi connectivity index (χ0) is 12.8. The largest absolute Gasteiger partial charge is 0.478 e. The SMILES string of the molecule is CCC(C)CS(=O)Cc1cccc(C(=O)O)c1. The molecule has 3 nitrogen and oxygen atoms in total. The minimum atomic E-state index is -0.945. The second-order valence-corrected chi connectivity index (χ2v) is 5.77. The zero-order valence-electron chi connectivity index (χ0n) is 10.2. The van der Waals surface area contributed by atoms with Gasteiger partial charge in [-0.25, -0.2) is 4.79 Å². The summed E-state index contributed by atoms with van der Waals surface area (Å²) in [7, 11) is -0.915. The highest BCUT2D eigenvalue weighted by molar-refractivity contribution is 7.84. The molecule has 0 aromatic heterocycles. The second-order valence-electron chi connectivity index (χ2n) is 4.27. The molecule has 4 heteroatoms. The Labute approximate surface area is 104 Å². The Bertz CT molecular complexity index is 415. The van der Waals surface area contributed by atoms with Crippen molar-refractivity contribution in [1.82, 2.24) is 0 Å². The molecule has 0 saturated heterocycles. The van der Waals surface area contributed by atoms with Crippen LogP contribution < -0.4 is 0 Å². The van der Waals surface area contributed by atoms with E-state index in [0.29, 0.717) is 17.4 Å². The molecule has 1 rings (SSSR count). The van der Waals surface area contributed by atoms with Crippen LogP contribution in [0.5, 0.6) is 0 Å². The van der Waals surface area contributed by atoms with Crippen molar-refractivity contribution in [1.29, 1.82) is 0 Å². The molecule has 0 amide bonds. The zero-order valence-corrected chi connectivity index (χ0v) is 11.0. The normalized spacial score (nSPS) is 14.2. The summed E-state index contributed by atoms with van der Waals surface area (Å²) >= 11 is 0. The van der Waals surface area contributed by atoms with E-state index in [1.807, 2.05) is 6.07 Å². The van der Waals surface area contributed by atoms with Crippen LogP contribution in [0.2, 0.25) is 0 Å². The van der Waals surface area contributed by atoms with E-state index in [0.717, 1.165) is 12.0 Å². The Morgan fingerprint density at radius 3 is 2.76 bits per heavy atom. The molecule has 1 N–H and O–H groups in total. The van der Waals surface area contributed by atoms with Crippen molar-refractivity contribution in [3.05, 3.63) is 35.4 Å². The molecule has 0 spiro atoms.